The summed E-state index contributed by atoms with van der Waals surface area (Å²) in [6.07, 6.45) is 5.56. The second-order valence-electron chi connectivity index (χ2n) is 6.44. The van der Waals surface area contributed by atoms with E-state index < -0.39 is 9.84 Å². The molecule has 8 heteroatoms. The Morgan fingerprint density at radius 2 is 2.08 bits per heavy atom. The SMILES string of the molecule is CCN(C(=O)c1ccnc(N2CCCCC2)n1)C1CCS(=O)(=O)C1. The van der Waals surface area contributed by atoms with Crippen molar-refractivity contribution in [3.63, 3.8) is 0 Å². The minimum atomic E-state index is -3.03. The third-order valence-electron chi connectivity index (χ3n) is 4.75. The van der Waals surface area contributed by atoms with Crippen molar-refractivity contribution in [3.05, 3.63) is 18.0 Å². The van der Waals surface area contributed by atoms with Gasteiger partial charge in [-0.3, -0.25) is 4.79 Å². The highest BCUT2D eigenvalue weighted by molar-refractivity contribution is 7.91. The number of amides is 1. The Balaban J connectivity index is 1.78. The van der Waals surface area contributed by atoms with Gasteiger partial charge in [0.1, 0.15) is 5.69 Å². The van der Waals surface area contributed by atoms with Crippen molar-refractivity contribution in [2.24, 2.45) is 0 Å². The van der Waals surface area contributed by atoms with Crippen LogP contribution in [0, 0.1) is 0 Å². The van der Waals surface area contributed by atoms with E-state index in [0.29, 0.717) is 24.6 Å². The topological polar surface area (TPSA) is 83.5 Å². The standard InChI is InChI=1S/C16H24N4O3S/c1-2-20(13-7-11-24(22,23)12-13)15(21)14-6-8-17-16(18-14)19-9-4-3-5-10-19/h6,8,13H,2-5,7,9-12H2,1H3. The average molecular weight is 352 g/mol. The zero-order chi connectivity index (χ0) is 17.2. The Bertz CT molecular complexity index is 701. The maximum atomic E-state index is 12.8. The van der Waals surface area contributed by atoms with Crippen LogP contribution in [0.2, 0.25) is 0 Å². The Hall–Kier alpha value is -1.70. The van der Waals surface area contributed by atoms with E-state index in [2.05, 4.69) is 14.9 Å². The molecular weight excluding hydrogens is 328 g/mol. The molecule has 0 radical (unpaired) electrons. The Labute approximate surface area is 143 Å². The quantitative estimate of drug-likeness (QED) is 0.807. The van der Waals surface area contributed by atoms with Crippen LogP contribution in [0.5, 0.6) is 0 Å². The van der Waals surface area contributed by atoms with E-state index in [-0.39, 0.29) is 23.5 Å². The van der Waals surface area contributed by atoms with E-state index in [4.69, 9.17) is 0 Å². The molecule has 3 heterocycles. The van der Waals surface area contributed by atoms with E-state index in [1.54, 1.807) is 17.2 Å². The number of hydrogen-bond acceptors (Lipinski definition) is 6. The molecule has 2 aliphatic rings. The fourth-order valence-corrected chi connectivity index (χ4v) is 5.18. The molecule has 1 aromatic heterocycles. The van der Waals surface area contributed by atoms with Crippen LogP contribution in [0.4, 0.5) is 5.95 Å². The smallest absolute Gasteiger partial charge is 0.272 e. The van der Waals surface area contributed by atoms with Crippen molar-refractivity contribution < 1.29 is 13.2 Å². The summed E-state index contributed by atoms with van der Waals surface area (Å²) in [6.45, 7) is 4.17. The summed E-state index contributed by atoms with van der Waals surface area (Å²) in [6, 6.07) is 1.36. The van der Waals surface area contributed by atoms with Crippen LogP contribution in [0.1, 0.15) is 43.1 Å². The molecule has 2 saturated heterocycles. The average Bonchev–Trinajstić information content (AvgIpc) is 2.96. The van der Waals surface area contributed by atoms with E-state index >= 15 is 0 Å². The third kappa shape index (κ3) is 3.68. The number of carbonyl (C=O) groups excluding carboxylic acids is 1. The van der Waals surface area contributed by atoms with E-state index in [0.717, 1.165) is 25.9 Å². The van der Waals surface area contributed by atoms with Crippen molar-refractivity contribution in [1.29, 1.82) is 0 Å². The zero-order valence-corrected chi connectivity index (χ0v) is 14.8. The highest BCUT2D eigenvalue weighted by Gasteiger charge is 2.34. The van der Waals surface area contributed by atoms with Gasteiger partial charge < -0.3 is 9.80 Å². The van der Waals surface area contributed by atoms with E-state index in [1.165, 1.54) is 6.42 Å². The Morgan fingerprint density at radius 3 is 2.71 bits per heavy atom. The number of nitrogens with zero attached hydrogens (tertiary/aromatic N) is 4. The molecule has 0 N–H and O–H groups in total. The number of rotatable bonds is 4. The van der Waals surface area contributed by atoms with Crippen LogP contribution in [-0.2, 0) is 9.84 Å². The minimum absolute atomic E-state index is 0.0522. The van der Waals surface area contributed by atoms with Crippen LogP contribution in [0.3, 0.4) is 0 Å². The lowest BCUT2D eigenvalue weighted by molar-refractivity contribution is 0.0702. The summed E-state index contributed by atoms with van der Waals surface area (Å²) >= 11 is 0. The molecule has 0 bridgehead atoms. The molecule has 24 heavy (non-hydrogen) atoms. The summed E-state index contributed by atoms with van der Waals surface area (Å²) < 4.78 is 23.4. The molecule has 0 aromatic carbocycles. The molecule has 1 aromatic rings. The summed E-state index contributed by atoms with van der Waals surface area (Å²) in [5.41, 5.74) is 0.344. The molecule has 2 aliphatic heterocycles. The van der Waals surface area contributed by atoms with Gasteiger partial charge in [-0.2, -0.15) is 0 Å². The number of aromatic nitrogens is 2. The maximum Gasteiger partial charge on any atom is 0.272 e. The second kappa shape index (κ2) is 7.04. The third-order valence-corrected chi connectivity index (χ3v) is 6.50. The van der Waals surface area contributed by atoms with Crippen molar-refractivity contribution in [2.45, 2.75) is 38.6 Å². The predicted octanol–water partition coefficient (Wildman–Crippen LogP) is 1.12. The fourth-order valence-electron chi connectivity index (χ4n) is 3.45. The lowest BCUT2D eigenvalue weighted by Crippen LogP contribution is -2.41. The van der Waals surface area contributed by atoms with Gasteiger partial charge in [0.15, 0.2) is 9.84 Å². The number of piperidine rings is 1. The molecule has 0 spiro atoms. The van der Waals surface area contributed by atoms with Crippen LogP contribution in [-0.4, -0.2) is 66.4 Å². The van der Waals surface area contributed by atoms with E-state index in [9.17, 15) is 13.2 Å². The van der Waals surface area contributed by atoms with Gasteiger partial charge in [0.25, 0.3) is 5.91 Å². The molecule has 7 nitrogen and oxygen atoms in total. The van der Waals surface area contributed by atoms with Crippen LogP contribution < -0.4 is 4.90 Å². The molecule has 132 valence electrons. The van der Waals surface area contributed by atoms with Gasteiger partial charge in [0, 0.05) is 31.9 Å². The zero-order valence-electron chi connectivity index (χ0n) is 14.0. The van der Waals surface area contributed by atoms with Gasteiger partial charge in [-0.15, -0.1) is 0 Å². The van der Waals surface area contributed by atoms with Crippen molar-refractivity contribution >= 4 is 21.7 Å². The Morgan fingerprint density at radius 1 is 1.33 bits per heavy atom. The monoisotopic (exact) mass is 352 g/mol. The number of sulfone groups is 1. The summed E-state index contributed by atoms with van der Waals surface area (Å²) in [7, 11) is -3.03. The first-order chi connectivity index (χ1) is 11.5. The maximum absolute atomic E-state index is 12.8. The molecule has 2 fully saturated rings. The van der Waals surface area contributed by atoms with Crippen LogP contribution in [0.25, 0.3) is 0 Å². The van der Waals surface area contributed by atoms with Crippen molar-refractivity contribution in [2.75, 3.05) is 36.0 Å². The van der Waals surface area contributed by atoms with Gasteiger partial charge >= 0.3 is 0 Å². The molecule has 3 rings (SSSR count). The Kier molecular flexibility index (Phi) is 5.03. The molecular formula is C16H24N4O3S. The molecule has 1 amide bonds. The minimum Gasteiger partial charge on any atom is -0.341 e. The van der Waals surface area contributed by atoms with Gasteiger partial charge in [-0.05, 0) is 38.7 Å². The highest BCUT2D eigenvalue weighted by Crippen LogP contribution is 2.20. The first-order valence-electron chi connectivity index (χ1n) is 8.59. The normalized spacial score (nSPS) is 23.2. The van der Waals surface area contributed by atoms with Gasteiger partial charge in [0.2, 0.25) is 5.95 Å². The largest absolute Gasteiger partial charge is 0.341 e. The summed E-state index contributed by atoms with van der Waals surface area (Å²) in [5, 5.41) is 0. The summed E-state index contributed by atoms with van der Waals surface area (Å²) in [4.78, 5) is 25.3. The molecule has 0 aliphatic carbocycles. The second-order valence-corrected chi connectivity index (χ2v) is 8.67. The van der Waals surface area contributed by atoms with Crippen molar-refractivity contribution in [3.8, 4) is 0 Å². The number of hydrogen-bond donors (Lipinski definition) is 0. The predicted molar refractivity (Wildman–Crippen MR) is 91.9 cm³/mol. The molecule has 1 unspecified atom stereocenters. The van der Waals surface area contributed by atoms with Gasteiger partial charge in [0.05, 0.1) is 11.5 Å². The summed E-state index contributed by atoms with van der Waals surface area (Å²) in [5.74, 6) is 0.594. The number of anilines is 1. The van der Waals surface area contributed by atoms with E-state index in [1.807, 2.05) is 6.92 Å². The highest BCUT2D eigenvalue weighted by atomic mass is 32.2. The number of carbonyl (C=O) groups is 1. The fraction of sp³-hybridized carbons (Fsp3) is 0.688. The first-order valence-corrected chi connectivity index (χ1v) is 10.4. The van der Waals surface area contributed by atoms with Gasteiger partial charge in [-0.1, -0.05) is 0 Å². The molecule has 1 atom stereocenters. The van der Waals surface area contributed by atoms with Gasteiger partial charge in [-0.25, -0.2) is 18.4 Å². The van der Waals surface area contributed by atoms with Crippen molar-refractivity contribution in [1.82, 2.24) is 14.9 Å². The molecule has 0 saturated carbocycles. The lowest BCUT2D eigenvalue weighted by atomic mass is 10.1. The first kappa shape index (κ1) is 17.1. The van der Waals surface area contributed by atoms with Crippen LogP contribution in [0.15, 0.2) is 12.3 Å². The van der Waals surface area contributed by atoms with Crippen LogP contribution >= 0.6 is 0 Å². The lowest BCUT2D eigenvalue weighted by Gasteiger charge is -2.28.